The van der Waals surface area contributed by atoms with Gasteiger partial charge in [-0.05, 0) is 55.3 Å². The van der Waals surface area contributed by atoms with Crippen LogP contribution in [0.25, 0.3) is 10.9 Å². The highest BCUT2D eigenvalue weighted by molar-refractivity contribution is 6.25. The van der Waals surface area contributed by atoms with E-state index in [1.165, 1.54) is 24.3 Å². The Kier molecular flexibility index (Phi) is 4.51. The number of anilines is 2. The molecule has 2 unspecified atom stereocenters. The van der Waals surface area contributed by atoms with Gasteiger partial charge in [0, 0.05) is 34.4 Å². The molecule has 3 N–H and O–H groups in total. The first-order valence-electron chi connectivity index (χ1n) is 12.3. The Morgan fingerprint density at radius 1 is 0.973 bits per heavy atom. The summed E-state index contributed by atoms with van der Waals surface area (Å²) in [6.07, 6.45) is 2.36. The van der Waals surface area contributed by atoms with E-state index in [-0.39, 0.29) is 11.8 Å². The highest BCUT2D eigenvalue weighted by Gasteiger charge is 2.70. The van der Waals surface area contributed by atoms with E-state index < -0.39 is 35.1 Å². The molecule has 37 heavy (non-hydrogen) atoms. The first-order valence-corrected chi connectivity index (χ1v) is 12.3. The minimum Gasteiger partial charge on any atom is -0.361 e. The zero-order valence-corrected chi connectivity index (χ0v) is 19.9. The summed E-state index contributed by atoms with van der Waals surface area (Å²) in [6, 6.07) is 18.4. The van der Waals surface area contributed by atoms with Crippen molar-refractivity contribution in [3.63, 3.8) is 0 Å². The van der Waals surface area contributed by atoms with E-state index in [4.69, 9.17) is 0 Å². The maximum Gasteiger partial charge on any atom is 0.250 e. The van der Waals surface area contributed by atoms with Crippen LogP contribution in [0.3, 0.4) is 0 Å². The number of halogens is 1. The van der Waals surface area contributed by atoms with Gasteiger partial charge < -0.3 is 10.3 Å². The van der Waals surface area contributed by atoms with E-state index in [1.54, 1.807) is 0 Å². The van der Waals surface area contributed by atoms with Gasteiger partial charge in [-0.3, -0.25) is 19.7 Å². The number of aromatic nitrogens is 1. The molecule has 7 nitrogen and oxygen atoms in total. The van der Waals surface area contributed by atoms with E-state index in [0.717, 1.165) is 26.9 Å². The molecule has 4 aromatic rings. The molecule has 1 aromatic heterocycles. The number of H-pyrrole nitrogens is 1. The topological polar surface area (TPSA) is 94.3 Å². The Morgan fingerprint density at radius 2 is 1.76 bits per heavy atom. The summed E-state index contributed by atoms with van der Waals surface area (Å²) in [5.74, 6) is -3.36. The van der Waals surface area contributed by atoms with Crippen molar-refractivity contribution in [2.75, 3.05) is 10.2 Å². The number of nitrogens with one attached hydrogen (secondary N) is 3. The molecule has 4 heterocycles. The molecule has 184 valence electrons. The number of carbonyl (C=O) groups is 3. The molecule has 4 atom stereocenters. The van der Waals surface area contributed by atoms with Gasteiger partial charge in [-0.2, -0.15) is 0 Å². The highest BCUT2D eigenvalue weighted by atomic mass is 19.1. The van der Waals surface area contributed by atoms with Crippen molar-refractivity contribution in [1.82, 2.24) is 10.3 Å². The summed E-state index contributed by atoms with van der Waals surface area (Å²) >= 11 is 0. The third kappa shape index (κ3) is 2.93. The molecule has 0 radical (unpaired) electrons. The number of benzene rings is 3. The predicted molar refractivity (Wildman–Crippen MR) is 136 cm³/mol. The first kappa shape index (κ1) is 21.9. The number of fused-ring (bicyclic) bond motifs is 5. The Bertz CT molecular complexity index is 1630. The fraction of sp³-hybridized carbons (Fsp3) is 0.207. The van der Waals surface area contributed by atoms with Crippen LogP contribution in [-0.4, -0.2) is 28.7 Å². The lowest BCUT2D eigenvalue weighted by Crippen LogP contribution is -2.53. The number of amides is 3. The second-order valence-electron chi connectivity index (χ2n) is 10.1. The van der Waals surface area contributed by atoms with Crippen LogP contribution >= 0.6 is 0 Å². The number of aryl methyl sites for hydroxylation is 1. The molecular weight excluding hydrogens is 471 g/mol. The van der Waals surface area contributed by atoms with E-state index in [9.17, 15) is 18.8 Å². The van der Waals surface area contributed by atoms with Crippen molar-refractivity contribution in [1.29, 1.82) is 0 Å². The Hall–Kier alpha value is -4.30. The highest BCUT2D eigenvalue weighted by Crippen LogP contribution is 2.54. The Balaban J connectivity index is 1.38. The van der Waals surface area contributed by atoms with Crippen molar-refractivity contribution in [3.8, 4) is 0 Å². The van der Waals surface area contributed by atoms with Crippen LogP contribution in [0.15, 0.2) is 72.9 Å². The maximum absolute atomic E-state index is 14.0. The van der Waals surface area contributed by atoms with Crippen LogP contribution < -0.4 is 15.5 Å². The lowest BCUT2D eigenvalue weighted by molar-refractivity contribution is -0.130. The number of nitrogens with zero attached hydrogens (tertiary/aromatic N) is 1. The molecule has 3 aliphatic heterocycles. The normalized spacial score (nSPS) is 26.3. The molecule has 3 aliphatic rings. The van der Waals surface area contributed by atoms with Gasteiger partial charge in [0.15, 0.2) is 0 Å². The predicted octanol–water partition coefficient (Wildman–Crippen LogP) is 3.78. The van der Waals surface area contributed by atoms with Crippen LogP contribution in [0.2, 0.25) is 0 Å². The number of carbonyl (C=O) groups excluding carboxylic acids is 3. The zero-order chi connectivity index (χ0) is 25.5. The standard InChI is InChI=1S/C29H23FN4O3/c1-15-6-11-22-20(12-15)29(28(37)32-22)25-24(26(35)34(27(25)36)18-9-7-17(30)8-10-18)23(33-29)13-16-14-31-21-5-3-2-4-19(16)21/h2-12,14,23-25,31,33H,13H2,1H3,(H,32,37)/t23?,24-,25+,29?/m1/s1. The third-order valence-corrected chi connectivity index (χ3v) is 8.07. The molecule has 0 bridgehead atoms. The molecule has 2 fully saturated rings. The van der Waals surface area contributed by atoms with Crippen molar-refractivity contribution >= 4 is 40.0 Å². The summed E-state index contributed by atoms with van der Waals surface area (Å²) in [7, 11) is 0. The van der Waals surface area contributed by atoms with Crippen LogP contribution in [0, 0.1) is 24.6 Å². The zero-order valence-electron chi connectivity index (χ0n) is 19.9. The van der Waals surface area contributed by atoms with Gasteiger partial charge in [-0.15, -0.1) is 0 Å². The molecule has 2 saturated heterocycles. The fourth-order valence-corrected chi connectivity index (χ4v) is 6.47. The largest absolute Gasteiger partial charge is 0.361 e. The molecule has 8 heteroatoms. The van der Waals surface area contributed by atoms with Crippen LogP contribution in [0.4, 0.5) is 15.8 Å². The molecular formula is C29H23FN4O3. The molecule has 3 aromatic carbocycles. The number of aromatic amines is 1. The maximum atomic E-state index is 14.0. The van der Waals surface area contributed by atoms with Crippen molar-refractivity contribution in [2.45, 2.75) is 24.9 Å². The van der Waals surface area contributed by atoms with Crippen molar-refractivity contribution in [3.05, 3.63) is 95.4 Å². The van der Waals surface area contributed by atoms with Crippen LogP contribution in [0.5, 0.6) is 0 Å². The minimum atomic E-state index is -1.38. The number of imide groups is 1. The van der Waals surface area contributed by atoms with Gasteiger partial charge in [0.1, 0.15) is 11.4 Å². The van der Waals surface area contributed by atoms with Crippen molar-refractivity contribution < 1.29 is 18.8 Å². The second-order valence-corrected chi connectivity index (χ2v) is 10.1. The Labute approximate surface area is 211 Å². The van der Waals surface area contributed by atoms with Gasteiger partial charge in [-0.25, -0.2) is 9.29 Å². The molecule has 3 amide bonds. The summed E-state index contributed by atoms with van der Waals surface area (Å²) < 4.78 is 13.6. The van der Waals surface area contributed by atoms with E-state index >= 15 is 0 Å². The van der Waals surface area contributed by atoms with Gasteiger partial charge in [-0.1, -0.05) is 35.9 Å². The summed E-state index contributed by atoms with van der Waals surface area (Å²) in [5.41, 5.74) is 3.14. The van der Waals surface area contributed by atoms with Crippen molar-refractivity contribution in [2.24, 2.45) is 11.8 Å². The Morgan fingerprint density at radius 3 is 2.57 bits per heavy atom. The average molecular weight is 495 g/mol. The molecule has 1 spiro atoms. The molecule has 7 rings (SSSR count). The number of hydrogen-bond acceptors (Lipinski definition) is 4. The monoisotopic (exact) mass is 494 g/mol. The van der Waals surface area contributed by atoms with Gasteiger partial charge >= 0.3 is 0 Å². The molecule has 0 saturated carbocycles. The van der Waals surface area contributed by atoms with Gasteiger partial charge in [0.25, 0.3) is 0 Å². The van der Waals surface area contributed by atoms with E-state index in [2.05, 4.69) is 15.6 Å². The van der Waals surface area contributed by atoms with Gasteiger partial charge in [0.05, 0.1) is 17.5 Å². The van der Waals surface area contributed by atoms with Gasteiger partial charge in [0.2, 0.25) is 17.7 Å². The second kappa shape index (κ2) is 7.60. The summed E-state index contributed by atoms with van der Waals surface area (Å²) in [6.45, 7) is 1.93. The van der Waals surface area contributed by atoms with E-state index in [1.807, 2.05) is 55.6 Å². The van der Waals surface area contributed by atoms with Crippen LogP contribution in [-0.2, 0) is 26.3 Å². The first-order chi connectivity index (χ1) is 17.9. The summed E-state index contributed by atoms with van der Waals surface area (Å²) in [4.78, 5) is 46.1. The lowest BCUT2D eigenvalue weighted by atomic mass is 9.76. The fourth-order valence-electron chi connectivity index (χ4n) is 6.47. The SMILES string of the molecule is Cc1ccc2c(c1)C1(NC(Cc3c[nH]c4ccccc34)[C@H]3C(=O)N(c4ccc(F)cc4)C(=O)[C@H]31)C(=O)N2. The molecule has 0 aliphatic carbocycles. The third-order valence-electron chi connectivity index (χ3n) is 8.07. The van der Waals surface area contributed by atoms with E-state index in [0.29, 0.717) is 23.4 Å². The number of hydrogen-bond donors (Lipinski definition) is 3. The lowest BCUT2D eigenvalue weighted by Gasteiger charge is -2.29. The number of para-hydroxylation sites is 1. The average Bonchev–Trinajstić information content (AvgIpc) is 3.59. The smallest absolute Gasteiger partial charge is 0.250 e. The van der Waals surface area contributed by atoms with Crippen LogP contribution in [0.1, 0.15) is 16.7 Å². The number of rotatable bonds is 3. The quantitative estimate of drug-likeness (QED) is 0.378. The summed E-state index contributed by atoms with van der Waals surface area (Å²) in [5, 5.41) is 7.46. The minimum absolute atomic E-state index is 0.301.